The standard InChI is InChI=1S/C16H17N3O2/c1-3-10-14-11-7-9(17)5-6-12(11)19-13(14)8-18-15(10)16(20)21-4-2/h5-8,19H,3-4,17H2,1-2H3. The number of fused-ring (bicyclic) bond motifs is 3. The number of aryl methyl sites for hydroxylation is 1. The van der Waals surface area contributed by atoms with E-state index in [1.165, 1.54) is 0 Å². The van der Waals surface area contributed by atoms with Crippen LogP contribution in [0.1, 0.15) is 29.9 Å². The van der Waals surface area contributed by atoms with Crippen molar-refractivity contribution in [3.8, 4) is 0 Å². The maximum Gasteiger partial charge on any atom is 0.357 e. The highest BCUT2D eigenvalue weighted by Crippen LogP contribution is 2.31. The molecule has 3 aromatic rings. The van der Waals surface area contributed by atoms with Gasteiger partial charge in [-0.3, -0.25) is 0 Å². The number of anilines is 1. The van der Waals surface area contributed by atoms with E-state index >= 15 is 0 Å². The highest BCUT2D eigenvalue weighted by Gasteiger charge is 2.18. The molecule has 0 fully saturated rings. The Balaban J connectivity index is 2.35. The third kappa shape index (κ3) is 2.11. The summed E-state index contributed by atoms with van der Waals surface area (Å²) in [6.07, 6.45) is 2.37. The maximum absolute atomic E-state index is 12.1. The lowest BCUT2D eigenvalue weighted by Gasteiger charge is -2.08. The molecule has 0 bridgehead atoms. The Kier molecular flexibility index (Phi) is 3.25. The fraction of sp³-hybridized carbons (Fsp3) is 0.250. The topological polar surface area (TPSA) is 81.0 Å². The molecule has 0 unspecified atom stereocenters. The molecule has 0 amide bonds. The molecule has 21 heavy (non-hydrogen) atoms. The third-order valence-electron chi connectivity index (χ3n) is 3.58. The second-order valence-electron chi connectivity index (χ2n) is 4.88. The minimum atomic E-state index is -0.380. The molecule has 0 atom stereocenters. The number of hydrogen-bond acceptors (Lipinski definition) is 4. The van der Waals surface area contributed by atoms with E-state index in [2.05, 4.69) is 9.97 Å². The number of aromatic nitrogens is 2. The van der Waals surface area contributed by atoms with Gasteiger partial charge in [-0.05, 0) is 37.1 Å². The van der Waals surface area contributed by atoms with Crippen LogP contribution in [0.3, 0.4) is 0 Å². The van der Waals surface area contributed by atoms with Gasteiger partial charge in [0, 0.05) is 22.0 Å². The summed E-state index contributed by atoms with van der Waals surface area (Å²) in [7, 11) is 0. The highest BCUT2D eigenvalue weighted by atomic mass is 16.5. The minimum absolute atomic E-state index is 0.336. The summed E-state index contributed by atoms with van der Waals surface area (Å²) in [6.45, 7) is 4.13. The largest absolute Gasteiger partial charge is 0.461 e. The quantitative estimate of drug-likeness (QED) is 0.572. The van der Waals surface area contributed by atoms with Crippen molar-refractivity contribution in [2.24, 2.45) is 0 Å². The molecule has 0 aliphatic carbocycles. The van der Waals surface area contributed by atoms with Crippen molar-refractivity contribution in [3.63, 3.8) is 0 Å². The summed E-state index contributed by atoms with van der Waals surface area (Å²) in [6, 6.07) is 5.71. The molecule has 108 valence electrons. The van der Waals surface area contributed by atoms with Crippen LogP contribution >= 0.6 is 0 Å². The molecule has 2 heterocycles. The van der Waals surface area contributed by atoms with Crippen molar-refractivity contribution in [1.29, 1.82) is 0 Å². The van der Waals surface area contributed by atoms with Crippen LogP contribution in [0.15, 0.2) is 24.4 Å². The second kappa shape index (κ2) is 5.09. The van der Waals surface area contributed by atoms with Crippen molar-refractivity contribution in [2.75, 3.05) is 12.3 Å². The lowest BCUT2D eigenvalue weighted by atomic mass is 10.0. The number of nitrogen functional groups attached to an aromatic ring is 1. The number of nitrogens with two attached hydrogens (primary N) is 1. The van der Waals surface area contributed by atoms with Crippen LogP contribution in [0, 0.1) is 0 Å². The molecule has 3 rings (SSSR count). The van der Waals surface area contributed by atoms with Gasteiger partial charge in [-0.15, -0.1) is 0 Å². The fourth-order valence-electron chi connectivity index (χ4n) is 2.70. The second-order valence-corrected chi connectivity index (χ2v) is 4.88. The summed E-state index contributed by atoms with van der Waals surface area (Å²) in [5.41, 5.74) is 9.75. The van der Waals surface area contributed by atoms with Crippen molar-refractivity contribution in [1.82, 2.24) is 9.97 Å². The normalized spacial score (nSPS) is 11.1. The van der Waals surface area contributed by atoms with Gasteiger partial charge < -0.3 is 15.5 Å². The molecule has 1 aromatic carbocycles. The number of aromatic amines is 1. The summed E-state index contributed by atoms with van der Waals surface area (Å²) >= 11 is 0. The molecule has 5 nitrogen and oxygen atoms in total. The van der Waals surface area contributed by atoms with Crippen molar-refractivity contribution in [3.05, 3.63) is 35.7 Å². The van der Waals surface area contributed by atoms with Crippen molar-refractivity contribution >= 4 is 33.5 Å². The Hall–Kier alpha value is -2.56. The summed E-state index contributed by atoms with van der Waals surface area (Å²) in [4.78, 5) is 19.7. The molecular formula is C16H17N3O2. The number of H-pyrrole nitrogens is 1. The zero-order chi connectivity index (χ0) is 15.0. The lowest BCUT2D eigenvalue weighted by Crippen LogP contribution is -2.10. The maximum atomic E-state index is 12.1. The summed E-state index contributed by atoms with van der Waals surface area (Å²) in [5.74, 6) is -0.380. The van der Waals surface area contributed by atoms with Crippen LogP contribution in [0.4, 0.5) is 5.69 Å². The Morgan fingerprint density at radius 3 is 2.86 bits per heavy atom. The van der Waals surface area contributed by atoms with Gasteiger partial charge in [-0.1, -0.05) is 6.92 Å². The number of pyridine rings is 1. The molecule has 0 aliphatic heterocycles. The van der Waals surface area contributed by atoms with E-state index < -0.39 is 0 Å². The van der Waals surface area contributed by atoms with E-state index in [4.69, 9.17) is 10.5 Å². The van der Waals surface area contributed by atoms with Crippen LogP contribution in [0.25, 0.3) is 21.8 Å². The number of ether oxygens (including phenoxy) is 1. The van der Waals surface area contributed by atoms with Crippen LogP contribution < -0.4 is 5.73 Å². The van der Waals surface area contributed by atoms with Crippen molar-refractivity contribution in [2.45, 2.75) is 20.3 Å². The minimum Gasteiger partial charge on any atom is -0.461 e. The zero-order valence-electron chi connectivity index (χ0n) is 12.1. The Labute approximate surface area is 122 Å². The number of rotatable bonds is 3. The third-order valence-corrected chi connectivity index (χ3v) is 3.58. The number of nitrogens with one attached hydrogen (secondary N) is 1. The first-order valence-electron chi connectivity index (χ1n) is 7.01. The van der Waals surface area contributed by atoms with E-state index in [1.807, 2.05) is 25.1 Å². The molecule has 0 aliphatic rings. The van der Waals surface area contributed by atoms with E-state index in [0.717, 1.165) is 27.4 Å². The lowest BCUT2D eigenvalue weighted by molar-refractivity contribution is 0.0518. The molecular weight excluding hydrogens is 266 g/mol. The van der Waals surface area contributed by atoms with Gasteiger partial charge in [0.25, 0.3) is 0 Å². The van der Waals surface area contributed by atoms with Crippen LogP contribution in [0.5, 0.6) is 0 Å². The number of hydrogen-bond donors (Lipinski definition) is 2. The van der Waals surface area contributed by atoms with Crippen molar-refractivity contribution < 1.29 is 9.53 Å². The van der Waals surface area contributed by atoms with E-state index in [9.17, 15) is 4.79 Å². The van der Waals surface area contributed by atoms with Crippen LogP contribution in [-0.2, 0) is 11.2 Å². The first-order chi connectivity index (χ1) is 10.2. The predicted molar refractivity (Wildman–Crippen MR) is 83.3 cm³/mol. The molecule has 3 N–H and O–H groups in total. The summed E-state index contributed by atoms with van der Waals surface area (Å²) in [5, 5.41) is 2.01. The first-order valence-corrected chi connectivity index (χ1v) is 7.01. The van der Waals surface area contributed by atoms with Gasteiger partial charge in [0.2, 0.25) is 0 Å². The van der Waals surface area contributed by atoms with E-state index in [-0.39, 0.29) is 5.97 Å². The number of carbonyl (C=O) groups excluding carboxylic acids is 1. The van der Waals surface area contributed by atoms with Crippen LogP contribution in [-0.4, -0.2) is 22.5 Å². The first kappa shape index (κ1) is 13.4. The van der Waals surface area contributed by atoms with Gasteiger partial charge in [-0.25, -0.2) is 9.78 Å². The fourth-order valence-corrected chi connectivity index (χ4v) is 2.70. The average Bonchev–Trinajstić information content (AvgIpc) is 2.84. The Bertz CT molecular complexity index is 836. The molecule has 0 saturated carbocycles. The number of benzene rings is 1. The number of esters is 1. The monoisotopic (exact) mass is 283 g/mol. The van der Waals surface area contributed by atoms with E-state index in [1.54, 1.807) is 13.1 Å². The smallest absolute Gasteiger partial charge is 0.357 e. The Morgan fingerprint density at radius 1 is 1.33 bits per heavy atom. The number of carbonyl (C=O) groups is 1. The van der Waals surface area contributed by atoms with Gasteiger partial charge in [0.1, 0.15) is 0 Å². The van der Waals surface area contributed by atoms with Gasteiger partial charge in [0.05, 0.1) is 18.3 Å². The molecule has 0 spiro atoms. The highest BCUT2D eigenvalue weighted by molar-refractivity contribution is 6.11. The predicted octanol–water partition coefficient (Wildman–Crippen LogP) is 3.04. The zero-order valence-corrected chi connectivity index (χ0v) is 12.1. The SMILES string of the molecule is CCOC(=O)c1ncc2[nH]c3ccc(N)cc3c2c1CC. The van der Waals surface area contributed by atoms with E-state index in [0.29, 0.717) is 24.4 Å². The number of nitrogens with zero attached hydrogens (tertiary/aromatic N) is 1. The van der Waals surface area contributed by atoms with Gasteiger partial charge in [-0.2, -0.15) is 0 Å². The van der Waals surface area contributed by atoms with Crippen LogP contribution in [0.2, 0.25) is 0 Å². The molecule has 0 radical (unpaired) electrons. The van der Waals surface area contributed by atoms with Gasteiger partial charge in [0.15, 0.2) is 5.69 Å². The average molecular weight is 283 g/mol. The molecule has 2 aromatic heterocycles. The Morgan fingerprint density at radius 2 is 2.14 bits per heavy atom. The summed E-state index contributed by atoms with van der Waals surface area (Å²) < 4.78 is 5.10. The molecule has 5 heteroatoms. The van der Waals surface area contributed by atoms with Gasteiger partial charge >= 0.3 is 5.97 Å². The molecule has 0 saturated heterocycles.